The fourth-order valence-corrected chi connectivity index (χ4v) is 9.52. The third kappa shape index (κ3) is 6.00. The zero-order valence-corrected chi connectivity index (χ0v) is 27.7. The van der Waals surface area contributed by atoms with Crippen molar-refractivity contribution in [2.75, 3.05) is 43.3 Å². The number of rotatable bonds is 10. The summed E-state index contributed by atoms with van der Waals surface area (Å²) in [4.78, 5) is 18.4. The van der Waals surface area contributed by atoms with E-state index >= 15 is 4.11 Å². The van der Waals surface area contributed by atoms with Gasteiger partial charge in [-0.3, -0.25) is 14.4 Å². The van der Waals surface area contributed by atoms with Crippen LogP contribution in [-0.2, 0) is 22.5 Å². The molecule has 0 aliphatic carbocycles. The first-order valence-corrected chi connectivity index (χ1v) is 19.0. The van der Waals surface area contributed by atoms with Gasteiger partial charge in [0.2, 0.25) is 8.41 Å². The van der Waals surface area contributed by atoms with E-state index in [9.17, 15) is 9.90 Å². The molecule has 12 heteroatoms. The fraction of sp³-hybridized carbons (Fsp3) is 0.545. The SMILES string of the molecule is CO[C@@H]1c2cc(N3CN(c4ccccc4)C4(CCNCC4)C3=O)ccc2O[C@H](C(CCn2cc(CCO)nn2)[Si](C)(C)F)[C@H]1C. The number of nitrogens with one attached hydrogen (secondary N) is 1. The highest BCUT2D eigenvalue weighted by Crippen LogP contribution is 2.49. The number of methoxy groups -OCH3 is 1. The number of aliphatic hydroxyl groups is 1. The molecule has 0 saturated carbocycles. The molecule has 2 aromatic carbocycles. The number of piperidine rings is 1. The Morgan fingerprint density at radius 3 is 2.62 bits per heavy atom. The van der Waals surface area contributed by atoms with Gasteiger partial charge in [0, 0.05) is 61.3 Å². The number of fused-ring (bicyclic) bond motifs is 1. The topological polar surface area (TPSA) is 105 Å². The molecular formula is C33H45FN6O4Si. The number of amides is 1. The fourth-order valence-electron chi connectivity index (χ4n) is 7.55. The van der Waals surface area contributed by atoms with Gasteiger partial charge in [0.25, 0.3) is 5.91 Å². The Morgan fingerprint density at radius 2 is 1.93 bits per heavy atom. The van der Waals surface area contributed by atoms with Crippen LogP contribution >= 0.6 is 0 Å². The molecule has 1 spiro atoms. The Hall–Kier alpha value is -3.32. The van der Waals surface area contributed by atoms with E-state index in [0.717, 1.165) is 42.9 Å². The molecule has 1 amide bonds. The average Bonchev–Trinajstić information content (AvgIpc) is 3.59. The van der Waals surface area contributed by atoms with Crippen molar-refractivity contribution in [3.05, 3.63) is 66.0 Å². The van der Waals surface area contributed by atoms with Crippen LogP contribution in [0.15, 0.2) is 54.7 Å². The molecular weight excluding hydrogens is 591 g/mol. The van der Waals surface area contributed by atoms with Gasteiger partial charge in [-0.2, -0.15) is 0 Å². The molecule has 10 nitrogen and oxygen atoms in total. The highest BCUT2D eigenvalue weighted by atomic mass is 28.4. The van der Waals surface area contributed by atoms with Crippen LogP contribution in [0.3, 0.4) is 0 Å². The number of aliphatic hydroxyl groups excluding tert-OH is 1. The summed E-state index contributed by atoms with van der Waals surface area (Å²) >= 11 is 0. The molecule has 1 aromatic heterocycles. The van der Waals surface area contributed by atoms with Crippen LogP contribution in [0.4, 0.5) is 15.5 Å². The number of halogens is 1. The van der Waals surface area contributed by atoms with Gasteiger partial charge in [-0.05, 0) is 75.8 Å². The van der Waals surface area contributed by atoms with E-state index in [-0.39, 0.29) is 36.2 Å². The van der Waals surface area contributed by atoms with Gasteiger partial charge >= 0.3 is 0 Å². The van der Waals surface area contributed by atoms with Crippen LogP contribution in [0, 0.1) is 5.92 Å². The van der Waals surface area contributed by atoms with Gasteiger partial charge in [0.15, 0.2) is 0 Å². The van der Waals surface area contributed by atoms with Gasteiger partial charge in [0.05, 0.1) is 18.5 Å². The summed E-state index contributed by atoms with van der Waals surface area (Å²) in [5, 5.41) is 20.9. The summed E-state index contributed by atoms with van der Waals surface area (Å²) < 4.78 is 30.5. The van der Waals surface area contributed by atoms with E-state index in [4.69, 9.17) is 9.47 Å². The molecule has 1 unspecified atom stereocenters. The minimum Gasteiger partial charge on any atom is -0.490 e. The normalized spacial score (nSPS) is 23.7. The van der Waals surface area contributed by atoms with Crippen LogP contribution in [0.2, 0.25) is 18.6 Å². The lowest BCUT2D eigenvalue weighted by atomic mass is 9.85. The van der Waals surface area contributed by atoms with E-state index in [2.05, 4.69) is 39.6 Å². The molecule has 3 aliphatic heterocycles. The summed E-state index contributed by atoms with van der Waals surface area (Å²) in [6.45, 7) is 8.11. The Labute approximate surface area is 265 Å². The lowest BCUT2D eigenvalue weighted by Gasteiger charge is -2.43. The van der Waals surface area contributed by atoms with Crippen LogP contribution in [0.1, 0.15) is 43.5 Å². The number of aryl methyl sites for hydroxylation is 1. The number of carbonyl (C=O) groups excluding carboxylic acids is 1. The Balaban J connectivity index is 1.27. The minimum atomic E-state index is -3.19. The standard InChI is InChI=1S/C33H45FN6O4Si/c1-23-30(43-2)27-20-26(39-22-40(25-8-6-5-7-9-25)33(32(39)42)14-16-35-17-15-33)10-11-28(27)44-31(23)29(45(3,4)34)12-18-38-21-24(13-19-41)36-37-38/h5-11,20-21,23,29-31,35,41H,12-19,22H2,1-4H3/t23-,29?,30-,31-/m0/s1. The molecule has 3 aliphatic rings. The first-order chi connectivity index (χ1) is 21.7. The number of aromatic nitrogens is 3. The third-order valence-corrected chi connectivity index (χ3v) is 12.3. The second-order valence-electron chi connectivity index (χ2n) is 13.1. The van der Waals surface area contributed by atoms with Crippen molar-refractivity contribution in [3.8, 4) is 5.75 Å². The number of benzene rings is 2. The maximum Gasteiger partial charge on any atom is 0.254 e. The zero-order chi connectivity index (χ0) is 31.8. The first kappa shape index (κ1) is 31.7. The number of hydrogen-bond donors (Lipinski definition) is 2. The van der Waals surface area contributed by atoms with Crippen LogP contribution in [0.5, 0.6) is 5.75 Å². The lowest BCUT2D eigenvalue weighted by Crippen LogP contribution is -2.55. The Bertz CT molecular complexity index is 1480. The van der Waals surface area contributed by atoms with Crippen molar-refractivity contribution in [3.63, 3.8) is 0 Å². The second-order valence-corrected chi connectivity index (χ2v) is 17.0. The average molecular weight is 637 g/mol. The van der Waals surface area contributed by atoms with E-state index < -0.39 is 13.9 Å². The molecule has 45 heavy (non-hydrogen) atoms. The number of para-hydroxylation sites is 1. The maximum absolute atomic E-state index is 16.0. The van der Waals surface area contributed by atoms with Gasteiger partial charge in [0.1, 0.15) is 17.4 Å². The summed E-state index contributed by atoms with van der Waals surface area (Å²) in [6, 6.07) is 16.1. The summed E-state index contributed by atoms with van der Waals surface area (Å²) in [5.74, 6) is 0.660. The minimum absolute atomic E-state index is 0.00819. The molecule has 2 N–H and O–H groups in total. The number of anilines is 2. The Kier molecular flexibility index (Phi) is 9.02. The molecule has 0 bridgehead atoms. The third-order valence-electron chi connectivity index (χ3n) is 9.97. The molecule has 0 radical (unpaired) electrons. The van der Waals surface area contributed by atoms with Crippen molar-refractivity contribution in [2.24, 2.45) is 5.92 Å². The molecule has 3 aromatic rings. The molecule has 6 rings (SSSR count). The highest BCUT2D eigenvalue weighted by molar-refractivity contribution is 6.72. The van der Waals surface area contributed by atoms with Gasteiger partial charge < -0.3 is 28.9 Å². The largest absolute Gasteiger partial charge is 0.490 e. The van der Waals surface area contributed by atoms with E-state index in [1.165, 1.54) is 0 Å². The number of ether oxygens (including phenoxy) is 2. The lowest BCUT2D eigenvalue weighted by molar-refractivity contribution is -0.122. The van der Waals surface area contributed by atoms with Gasteiger partial charge in [-0.25, -0.2) is 0 Å². The van der Waals surface area contributed by atoms with Crippen molar-refractivity contribution >= 4 is 25.7 Å². The smallest absolute Gasteiger partial charge is 0.254 e. The van der Waals surface area contributed by atoms with Crippen LogP contribution < -0.4 is 19.9 Å². The Morgan fingerprint density at radius 1 is 1.18 bits per heavy atom. The molecule has 4 atom stereocenters. The second kappa shape index (κ2) is 12.8. The van der Waals surface area contributed by atoms with Gasteiger partial charge in [-0.1, -0.05) is 30.3 Å². The van der Waals surface area contributed by atoms with Crippen molar-refractivity contribution in [1.82, 2.24) is 20.3 Å². The number of carbonyl (C=O) groups is 1. The van der Waals surface area contributed by atoms with Crippen molar-refractivity contribution in [2.45, 2.75) is 75.5 Å². The predicted molar refractivity (Wildman–Crippen MR) is 174 cm³/mol. The van der Waals surface area contributed by atoms with E-state index in [1.807, 2.05) is 47.5 Å². The summed E-state index contributed by atoms with van der Waals surface area (Å²) in [6.07, 6.45) is 3.57. The highest BCUT2D eigenvalue weighted by Gasteiger charge is 2.54. The van der Waals surface area contributed by atoms with Crippen molar-refractivity contribution < 1.29 is 23.5 Å². The van der Waals surface area contributed by atoms with Crippen LogP contribution in [0.25, 0.3) is 0 Å². The monoisotopic (exact) mass is 636 g/mol. The molecule has 4 heterocycles. The maximum atomic E-state index is 16.0. The van der Waals surface area contributed by atoms with E-state index in [1.54, 1.807) is 24.9 Å². The predicted octanol–water partition coefficient (Wildman–Crippen LogP) is 4.47. The summed E-state index contributed by atoms with van der Waals surface area (Å²) in [5.41, 5.74) is 2.54. The molecule has 2 fully saturated rings. The quantitative estimate of drug-likeness (QED) is 0.248. The van der Waals surface area contributed by atoms with Crippen LogP contribution in [-0.4, -0.2) is 79.5 Å². The summed E-state index contributed by atoms with van der Waals surface area (Å²) in [7, 11) is -1.50. The van der Waals surface area contributed by atoms with Crippen molar-refractivity contribution in [1.29, 1.82) is 0 Å². The number of hydrogen-bond acceptors (Lipinski definition) is 8. The van der Waals surface area contributed by atoms with E-state index in [0.29, 0.717) is 37.5 Å². The molecule has 2 saturated heterocycles. The molecule has 242 valence electrons. The number of nitrogens with zero attached hydrogens (tertiary/aromatic N) is 5. The van der Waals surface area contributed by atoms with Gasteiger partial charge in [-0.15, -0.1) is 5.10 Å². The first-order valence-electron chi connectivity index (χ1n) is 16.0. The zero-order valence-electron chi connectivity index (χ0n) is 26.7.